The molecule has 1 aromatic rings. The van der Waals surface area contributed by atoms with Gasteiger partial charge in [0, 0.05) is 39.3 Å². The van der Waals surface area contributed by atoms with Gasteiger partial charge in [-0.1, -0.05) is 6.07 Å². The summed E-state index contributed by atoms with van der Waals surface area (Å²) in [4.78, 5) is 17.0. The fourth-order valence-electron chi connectivity index (χ4n) is 4.74. The molecule has 8 heteroatoms. The van der Waals surface area contributed by atoms with E-state index in [1.54, 1.807) is 11.0 Å². The van der Waals surface area contributed by atoms with Gasteiger partial charge in [0.1, 0.15) is 0 Å². The largest absolute Gasteiger partial charge is 0.373 e. The maximum atomic E-state index is 13.1. The van der Waals surface area contributed by atoms with Crippen molar-refractivity contribution in [2.45, 2.75) is 50.2 Å². The van der Waals surface area contributed by atoms with Gasteiger partial charge in [-0.3, -0.25) is 9.69 Å². The Hall–Kier alpha value is -1.48. The predicted octanol–water partition coefficient (Wildman–Crippen LogP) is 1.12. The smallest absolute Gasteiger partial charge is 0.243 e. The van der Waals surface area contributed by atoms with Crippen LogP contribution in [0.3, 0.4) is 0 Å². The van der Waals surface area contributed by atoms with Crippen molar-refractivity contribution < 1.29 is 17.9 Å². The van der Waals surface area contributed by atoms with Crippen LogP contribution in [0, 0.1) is 0 Å². The standard InChI is InChI=1S/C21H31N3O4S/c1-16-13-22(14-17(2)28-16)15-21(25)23-8-10-24(11-9-23)29(26,27)20-7-6-18-4-3-5-19(18)12-20/h6-7,12,16-17H,3-5,8-11,13-15H2,1-2H3/t16-,17-/m1/s1. The number of nitrogens with zero attached hydrogens (tertiary/aromatic N) is 3. The molecule has 3 aliphatic rings. The number of hydrogen-bond acceptors (Lipinski definition) is 5. The first kappa shape index (κ1) is 20.8. The maximum absolute atomic E-state index is 13.1. The molecule has 2 fully saturated rings. The molecule has 1 aromatic carbocycles. The van der Waals surface area contributed by atoms with Crippen LogP contribution in [0.5, 0.6) is 0 Å². The van der Waals surface area contributed by atoms with E-state index in [0.717, 1.165) is 37.9 Å². The lowest BCUT2D eigenvalue weighted by atomic mass is 10.1. The van der Waals surface area contributed by atoms with Crippen molar-refractivity contribution in [2.24, 2.45) is 0 Å². The normalized spacial score (nSPS) is 26.5. The highest BCUT2D eigenvalue weighted by Gasteiger charge is 2.32. The van der Waals surface area contributed by atoms with E-state index in [2.05, 4.69) is 4.90 Å². The van der Waals surface area contributed by atoms with Crippen LogP contribution >= 0.6 is 0 Å². The molecular formula is C21H31N3O4S. The van der Waals surface area contributed by atoms with E-state index in [4.69, 9.17) is 4.74 Å². The number of amides is 1. The minimum Gasteiger partial charge on any atom is -0.373 e. The third kappa shape index (κ3) is 4.50. The molecule has 29 heavy (non-hydrogen) atoms. The average molecular weight is 422 g/mol. The average Bonchev–Trinajstić information content (AvgIpc) is 3.15. The zero-order valence-corrected chi connectivity index (χ0v) is 18.2. The Morgan fingerprint density at radius 2 is 1.69 bits per heavy atom. The van der Waals surface area contributed by atoms with E-state index < -0.39 is 10.0 Å². The van der Waals surface area contributed by atoms with E-state index in [-0.39, 0.29) is 18.1 Å². The number of piperazine rings is 1. The fraction of sp³-hybridized carbons (Fsp3) is 0.667. The summed E-state index contributed by atoms with van der Waals surface area (Å²) in [7, 11) is -3.51. The second-order valence-electron chi connectivity index (χ2n) is 8.52. The molecule has 0 bridgehead atoms. The molecule has 0 aromatic heterocycles. The van der Waals surface area contributed by atoms with Crippen molar-refractivity contribution in [3.63, 3.8) is 0 Å². The lowest BCUT2D eigenvalue weighted by Crippen LogP contribution is -2.54. The summed E-state index contributed by atoms with van der Waals surface area (Å²) < 4.78 is 33.4. The summed E-state index contributed by atoms with van der Waals surface area (Å²) in [6.07, 6.45) is 3.35. The minimum atomic E-state index is -3.51. The first-order chi connectivity index (χ1) is 13.8. The molecule has 2 atom stereocenters. The number of aryl methyl sites for hydroxylation is 2. The predicted molar refractivity (Wildman–Crippen MR) is 110 cm³/mol. The summed E-state index contributed by atoms with van der Waals surface area (Å²) in [5, 5.41) is 0. The van der Waals surface area contributed by atoms with E-state index in [1.807, 2.05) is 26.0 Å². The quantitative estimate of drug-likeness (QED) is 0.729. The number of carbonyl (C=O) groups excluding carboxylic acids is 1. The van der Waals surface area contributed by atoms with E-state index >= 15 is 0 Å². The van der Waals surface area contributed by atoms with Gasteiger partial charge in [-0.2, -0.15) is 4.31 Å². The van der Waals surface area contributed by atoms with Crippen molar-refractivity contribution in [1.82, 2.24) is 14.1 Å². The van der Waals surface area contributed by atoms with Gasteiger partial charge in [-0.05, 0) is 56.4 Å². The first-order valence-electron chi connectivity index (χ1n) is 10.6. The van der Waals surface area contributed by atoms with Gasteiger partial charge in [0.15, 0.2) is 0 Å². The first-order valence-corrected chi connectivity index (χ1v) is 12.0. The summed E-state index contributed by atoms with van der Waals surface area (Å²) in [6, 6.07) is 5.53. The minimum absolute atomic E-state index is 0.0703. The third-order valence-corrected chi connectivity index (χ3v) is 8.05. The number of rotatable bonds is 4. The number of carbonyl (C=O) groups is 1. The number of sulfonamides is 1. The SMILES string of the molecule is C[C@@H]1CN(CC(=O)N2CCN(S(=O)(=O)c3ccc4c(c3)CCC4)CC2)C[C@@H](C)O1. The lowest BCUT2D eigenvalue weighted by molar-refractivity contribution is -0.137. The van der Waals surface area contributed by atoms with Gasteiger partial charge in [0.25, 0.3) is 0 Å². The van der Waals surface area contributed by atoms with Crippen molar-refractivity contribution in [3.8, 4) is 0 Å². The molecule has 0 N–H and O–H groups in total. The van der Waals surface area contributed by atoms with Gasteiger partial charge < -0.3 is 9.64 Å². The molecular weight excluding hydrogens is 390 g/mol. The van der Waals surface area contributed by atoms with Crippen LogP contribution < -0.4 is 0 Å². The van der Waals surface area contributed by atoms with Crippen LogP contribution in [0.4, 0.5) is 0 Å². The summed E-state index contributed by atoms with van der Waals surface area (Å²) in [5.74, 6) is 0.0703. The van der Waals surface area contributed by atoms with E-state index in [0.29, 0.717) is 37.6 Å². The zero-order valence-electron chi connectivity index (χ0n) is 17.3. The highest BCUT2D eigenvalue weighted by Crippen LogP contribution is 2.26. The van der Waals surface area contributed by atoms with Crippen LogP contribution in [-0.2, 0) is 32.4 Å². The number of morpholine rings is 1. The molecule has 160 valence electrons. The van der Waals surface area contributed by atoms with E-state index in [9.17, 15) is 13.2 Å². The highest BCUT2D eigenvalue weighted by atomic mass is 32.2. The fourth-order valence-corrected chi connectivity index (χ4v) is 6.21. The molecule has 7 nitrogen and oxygen atoms in total. The molecule has 0 spiro atoms. The Morgan fingerprint density at radius 3 is 2.38 bits per heavy atom. The molecule has 2 heterocycles. The molecule has 1 amide bonds. The number of hydrogen-bond donors (Lipinski definition) is 0. The Balaban J connectivity index is 1.34. The van der Waals surface area contributed by atoms with Gasteiger partial charge >= 0.3 is 0 Å². The molecule has 2 aliphatic heterocycles. The van der Waals surface area contributed by atoms with Gasteiger partial charge in [-0.15, -0.1) is 0 Å². The van der Waals surface area contributed by atoms with Crippen molar-refractivity contribution in [1.29, 1.82) is 0 Å². The molecule has 4 rings (SSSR count). The second-order valence-corrected chi connectivity index (χ2v) is 10.5. The molecule has 1 aliphatic carbocycles. The van der Waals surface area contributed by atoms with Crippen LogP contribution in [0.2, 0.25) is 0 Å². The Labute approximate surface area is 173 Å². The third-order valence-electron chi connectivity index (χ3n) is 6.15. The van der Waals surface area contributed by atoms with Crippen molar-refractivity contribution >= 4 is 15.9 Å². The molecule has 0 saturated carbocycles. The van der Waals surface area contributed by atoms with Crippen LogP contribution in [0.15, 0.2) is 23.1 Å². The molecule has 0 unspecified atom stereocenters. The molecule has 0 radical (unpaired) electrons. The monoisotopic (exact) mass is 421 g/mol. The Bertz CT molecular complexity index is 855. The zero-order chi connectivity index (χ0) is 20.6. The summed E-state index contributed by atoms with van der Waals surface area (Å²) >= 11 is 0. The Kier molecular flexibility index (Phi) is 5.97. The second kappa shape index (κ2) is 8.34. The Morgan fingerprint density at radius 1 is 1.03 bits per heavy atom. The van der Waals surface area contributed by atoms with E-state index in [1.165, 1.54) is 9.87 Å². The van der Waals surface area contributed by atoms with Crippen LogP contribution in [-0.4, -0.2) is 86.5 Å². The van der Waals surface area contributed by atoms with Crippen LogP contribution in [0.25, 0.3) is 0 Å². The maximum Gasteiger partial charge on any atom is 0.243 e. The number of benzene rings is 1. The highest BCUT2D eigenvalue weighted by molar-refractivity contribution is 7.89. The van der Waals surface area contributed by atoms with Gasteiger partial charge in [0.05, 0.1) is 23.6 Å². The number of ether oxygens (including phenoxy) is 1. The van der Waals surface area contributed by atoms with Gasteiger partial charge in [-0.25, -0.2) is 8.42 Å². The lowest BCUT2D eigenvalue weighted by Gasteiger charge is -2.38. The van der Waals surface area contributed by atoms with Crippen LogP contribution in [0.1, 0.15) is 31.4 Å². The topological polar surface area (TPSA) is 70.2 Å². The van der Waals surface area contributed by atoms with Crippen molar-refractivity contribution in [2.75, 3.05) is 45.8 Å². The van der Waals surface area contributed by atoms with Crippen molar-refractivity contribution in [3.05, 3.63) is 29.3 Å². The summed E-state index contributed by atoms with van der Waals surface area (Å²) in [6.45, 7) is 7.51. The number of fused-ring (bicyclic) bond motifs is 1. The molecule has 2 saturated heterocycles. The summed E-state index contributed by atoms with van der Waals surface area (Å²) in [5.41, 5.74) is 2.43. The van der Waals surface area contributed by atoms with Gasteiger partial charge in [0.2, 0.25) is 15.9 Å².